The van der Waals surface area contributed by atoms with Gasteiger partial charge in [0.25, 0.3) is 0 Å². The van der Waals surface area contributed by atoms with Crippen molar-refractivity contribution in [3.8, 4) is 17.1 Å². The maximum atomic E-state index is 14.1. The highest BCUT2D eigenvalue weighted by Gasteiger charge is 2.16. The molecule has 1 heterocycles. The van der Waals surface area contributed by atoms with E-state index in [1.54, 1.807) is 12.1 Å². The zero-order valence-electron chi connectivity index (χ0n) is 10.9. The van der Waals surface area contributed by atoms with Crippen molar-refractivity contribution in [1.82, 2.24) is 14.8 Å². The molecule has 0 amide bonds. The molecule has 0 aliphatic carbocycles. The number of nitrogens with zero attached hydrogens (tertiary/aromatic N) is 3. The fraction of sp³-hybridized carbons (Fsp3) is 0.385. The smallest absolute Gasteiger partial charge is 0.166 e. The lowest BCUT2D eigenvalue weighted by Crippen LogP contribution is -2.04. The molecule has 102 valence electrons. The summed E-state index contributed by atoms with van der Waals surface area (Å²) in [4.78, 5) is 0. The van der Waals surface area contributed by atoms with Crippen LogP contribution in [-0.4, -0.2) is 21.9 Å². The quantitative estimate of drug-likeness (QED) is 0.791. The van der Waals surface area contributed by atoms with Gasteiger partial charge in [0.15, 0.2) is 5.82 Å². The fourth-order valence-corrected chi connectivity index (χ4v) is 2.09. The Labute approximate surface area is 116 Å². The summed E-state index contributed by atoms with van der Waals surface area (Å²) in [6, 6.07) is 4.67. The molecule has 0 spiro atoms. The average molecular weight is 284 g/mol. The van der Waals surface area contributed by atoms with Crippen molar-refractivity contribution in [3.63, 3.8) is 0 Å². The van der Waals surface area contributed by atoms with Crippen LogP contribution in [0.5, 0.6) is 5.75 Å². The van der Waals surface area contributed by atoms with Crippen molar-refractivity contribution >= 4 is 11.6 Å². The number of ether oxygens (including phenoxy) is 1. The largest absolute Gasteiger partial charge is 0.497 e. The van der Waals surface area contributed by atoms with E-state index < -0.39 is 0 Å². The predicted octanol–water partition coefficient (Wildman–Crippen LogP) is 3.24. The van der Waals surface area contributed by atoms with Crippen LogP contribution in [0.2, 0.25) is 0 Å². The van der Waals surface area contributed by atoms with Crippen LogP contribution in [0, 0.1) is 5.82 Å². The second-order valence-corrected chi connectivity index (χ2v) is 4.34. The van der Waals surface area contributed by atoms with E-state index in [1.807, 2.05) is 11.5 Å². The second-order valence-electron chi connectivity index (χ2n) is 4.07. The fourth-order valence-electron chi connectivity index (χ4n) is 1.90. The monoisotopic (exact) mass is 283 g/mol. The molecule has 0 fully saturated rings. The maximum absolute atomic E-state index is 14.1. The molecule has 0 unspecified atom stereocenters. The topological polar surface area (TPSA) is 39.9 Å². The molecule has 1 aromatic carbocycles. The summed E-state index contributed by atoms with van der Waals surface area (Å²) in [7, 11) is 1.50. The highest BCUT2D eigenvalue weighted by Crippen LogP contribution is 2.26. The minimum absolute atomic E-state index is 0.255. The highest BCUT2D eigenvalue weighted by molar-refractivity contribution is 6.16. The summed E-state index contributed by atoms with van der Waals surface area (Å²) in [5.41, 5.74) is 0.401. The van der Waals surface area contributed by atoms with Gasteiger partial charge in [-0.1, -0.05) is 6.92 Å². The van der Waals surface area contributed by atoms with Gasteiger partial charge in [0, 0.05) is 12.6 Å². The number of aromatic nitrogens is 3. The van der Waals surface area contributed by atoms with Crippen LogP contribution in [-0.2, 0) is 12.4 Å². The lowest BCUT2D eigenvalue weighted by Gasteiger charge is -2.09. The molecule has 2 rings (SSSR count). The normalized spacial score (nSPS) is 10.7. The highest BCUT2D eigenvalue weighted by atomic mass is 35.5. The lowest BCUT2D eigenvalue weighted by molar-refractivity contribution is 0.411. The molecule has 0 saturated carbocycles. The van der Waals surface area contributed by atoms with E-state index in [1.165, 1.54) is 13.2 Å². The molecule has 2 aromatic rings. The molecule has 0 saturated heterocycles. The van der Waals surface area contributed by atoms with E-state index in [9.17, 15) is 4.39 Å². The van der Waals surface area contributed by atoms with Gasteiger partial charge in [0.05, 0.1) is 18.6 Å². The van der Waals surface area contributed by atoms with Gasteiger partial charge in [0.1, 0.15) is 17.4 Å². The molecule has 0 aliphatic rings. The van der Waals surface area contributed by atoms with Gasteiger partial charge < -0.3 is 9.30 Å². The first kappa shape index (κ1) is 13.8. The molecule has 6 heteroatoms. The van der Waals surface area contributed by atoms with Crippen molar-refractivity contribution in [2.24, 2.45) is 0 Å². The summed E-state index contributed by atoms with van der Waals surface area (Å²) in [6.45, 7) is 2.74. The van der Waals surface area contributed by atoms with Crippen LogP contribution in [0.25, 0.3) is 11.4 Å². The Kier molecular flexibility index (Phi) is 4.37. The number of alkyl halides is 1. The second kappa shape index (κ2) is 6.02. The van der Waals surface area contributed by atoms with Crippen LogP contribution in [0.4, 0.5) is 4.39 Å². The Hall–Kier alpha value is -1.62. The maximum Gasteiger partial charge on any atom is 0.166 e. The van der Waals surface area contributed by atoms with E-state index in [0.29, 0.717) is 29.5 Å². The molecule has 0 aliphatic heterocycles. The molecular weight excluding hydrogens is 269 g/mol. The summed E-state index contributed by atoms with van der Waals surface area (Å²) >= 11 is 5.82. The Morgan fingerprint density at radius 1 is 1.37 bits per heavy atom. The number of rotatable bonds is 5. The predicted molar refractivity (Wildman–Crippen MR) is 71.8 cm³/mol. The third-order valence-corrected chi connectivity index (χ3v) is 3.05. The zero-order valence-corrected chi connectivity index (χ0v) is 11.6. The molecule has 0 radical (unpaired) electrons. The van der Waals surface area contributed by atoms with Crippen molar-refractivity contribution in [2.45, 2.75) is 25.8 Å². The van der Waals surface area contributed by atoms with Crippen molar-refractivity contribution < 1.29 is 9.13 Å². The van der Waals surface area contributed by atoms with Gasteiger partial charge in [-0.05, 0) is 18.6 Å². The number of methoxy groups -OCH3 is 1. The van der Waals surface area contributed by atoms with Crippen LogP contribution >= 0.6 is 11.6 Å². The van der Waals surface area contributed by atoms with E-state index >= 15 is 0 Å². The summed E-state index contributed by atoms with van der Waals surface area (Å²) in [6.07, 6.45) is 0.896. The van der Waals surface area contributed by atoms with Crippen LogP contribution in [0.1, 0.15) is 19.2 Å². The molecule has 0 atom stereocenters. The number of hydrogen-bond donors (Lipinski definition) is 0. The number of hydrogen-bond acceptors (Lipinski definition) is 3. The number of halogens is 2. The van der Waals surface area contributed by atoms with Crippen molar-refractivity contribution in [1.29, 1.82) is 0 Å². The van der Waals surface area contributed by atoms with E-state index in [2.05, 4.69) is 10.2 Å². The van der Waals surface area contributed by atoms with Crippen molar-refractivity contribution in [2.75, 3.05) is 7.11 Å². The standard InChI is InChI=1S/C13H15ClFN3O/c1-3-6-18-12(8-14)16-17-13(18)10-5-4-9(19-2)7-11(10)15/h4-5,7H,3,6,8H2,1-2H3. The third-order valence-electron chi connectivity index (χ3n) is 2.81. The molecule has 1 aromatic heterocycles. The van der Waals surface area contributed by atoms with Gasteiger partial charge in [-0.2, -0.15) is 0 Å². The molecule has 0 bridgehead atoms. The SMILES string of the molecule is CCCn1c(CCl)nnc1-c1ccc(OC)cc1F. The minimum atomic E-state index is -0.384. The van der Waals surface area contributed by atoms with Crippen LogP contribution in [0.3, 0.4) is 0 Å². The first-order chi connectivity index (χ1) is 9.21. The minimum Gasteiger partial charge on any atom is -0.497 e. The summed E-state index contributed by atoms with van der Waals surface area (Å²) in [5, 5.41) is 8.04. The van der Waals surface area contributed by atoms with Crippen LogP contribution < -0.4 is 4.74 Å². The van der Waals surface area contributed by atoms with E-state index in [-0.39, 0.29) is 11.7 Å². The summed E-state index contributed by atoms with van der Waals surface area (Å²) in [5.74, 6) is 1.49. The third kappa shape index (κ3) is 2.71. The van der Waals surface area contributed by atoms with Gasteiger partial charge in [-0.25, -0.2) is 4.39 Å². The Bertz CT molecular complexity index is 571. The van der Waals surface area contributed by atoms with Gasteiger partial charge in [-0.15, -0.1) is 21.8 Å². The van der Waals surface area contributed by atoms with Gasteiger partial charge in [-0.3, -0.25) is 0 Å². The Morgan fingerprint density at radius 3 is 2.74 bits per heavy atom. The van der Waals surface area contributed by atoms with Crippen LogP contribution in [0.15, 0.2) is 18.2 Å². The van der Waals surface area contributed by atoms with Crippen molar-refractivity contribution in [3.05, 3.63) is 29.8 Å². The lowest BCUT2D eigenvalue weighted by atomic mass is 10.2. The summed E-state index contributed by atoms with van der Waals surface area (Å²) < 4.78 is 20.9. The van der Waals surface area contributed by atoms with Gasteiger partial charge in [0.2, 0.25) is 0 Å². The number of benzene rings is 1. The molecule has 19 heavy (non-hydrogen) atoms. The zero-order chi connectivity index (χ0) is 13.8. The Morgan fingerprint density at radius 2 is 2.16 bits per heavy atom. The first-order valence-corrected chi connectivity index (χ1v) is 6.56. The first-order valence-electron chi connectivity index (χ1n) is 6.03. The average Bonchev–Trinajstić information content (AvgIpc) is 2.82. The molecule has 4 nitrogen and oxygen atoms in total. The van der Waals surface area contributed by atoms with E-state index in [4.69, 9.17) is 16.3 Å². The molecular formula is C13H15ClFN3O. The Balaban J connectivity index is 2.49. The molecule has 0 N–H and O–H groups in total. The van der Waals surface area contributed by atoms with Gasteiger partial charge >= 0.3 is 0 Å². The van der Waals surface area contributed by atoms with E-state index in [0.717, 1.165) is 6.42 Å².